The van der Waals surface area contributed by atoms with Crippen molar-refractivity contribution in [2.45, 2.75) is 0 Å². The molecule has 0 bridgehead atoms. The third kappa shape index (κ3) is 2.89. The van der Waals surface area contributed by atoms with Crippen LogP contribution in [0.2, 0.25) is 0 Å². The summed E-state index contributed by atoms with van der Waals surface area (Å²) >= 11 is 0. The van der Waals surface area contributed by atoms with E-state index < -0.39 is 0 Å². The largest absolute Gasteiger partial charge is 0.272 e. The van der Waals surface area contributed by atoms with Crippen LogP contribution in [-0.4, -0.2) is 17.1 Å². The van der Waals surface area contributed by atoms with Crippen LogP contribution in [0.25, 0.3) is 0 Å². The van der Waals surface area contributed by atoms with Crippen LogP contribution in [0.3, 0.4) is 0 Å². The highest BCUT2D eigenvalue weighted by Gasteiger charge is 2.23. The van der Waals surface area contributed by atoms with Gasteiger partial charge in [-0.3, -0.25) is 9.78 Å². The summed E-state index contributed by atoms with van der Waals surface area (Å²) in [6.45, 7) is 0. The van der Waals surface area contributed by atoms with Gasteiger partial charge in [0.2, 0.25) is 5.91 Å². The first-order chi connectivity index (χ1) is 7.86. The van der Waals surface area contributed by atoms with Crippen molar-refractivity contribution in [2.75, 3.05) is 0 Å². The second-order valence-electron chi connectivity index (χ2n) is 3.16. The highest BCUT2D eigenvalue weighted by atomic mass is 16.2. The van der Waals surface area contributed by atoms with Crippen molar-refractivity contribution in [3.63, 3.8) is 0 Å². The standard InChI is InChI=1S/C12H10N3O/c16-12(11-5-1-2-6-11)15-14-9-10-4-3-7-13-8-10/h1-9H,(H,15,16)/b14-9+. The van der Waals surface area contributed by atoms with E-state index >= 15 is 0 Å². The van der Waals surface area contributed by atoms with Gasteiger partial charge in [0.05, 0.1) is 12.1 Å². The number of amides is 1. The van der Waals surface area contributed by atoms with Crippen molar-refractivity contribution in [1.29, 1.82) is 0 Å². The van der Waals surface area contributed by atoms with Crippen molar-refractivity contribution < 1.29 is 4.79 Å². The number of rotatable bonds is 3. The Hall–Kier alpha value is -1.71. The number of hydrazone groups is 1. The second kappa shape index (κ2) is 5.39. The first-order valence-corrected chi connectivity index (χ1v) is 4.81. The van der Waals surface area contributed by atoms with Crippen LogP contribution in [0, 0.1) is 31.6 Å². The molecule has 1 saturated carbocycles. The normalized spacial score (nSPS) is 16.8. The van der Waals surface area contributed by atoms with Gasteiger partial charge in [0.15, 0.2) is 0 Å². The molecule has 0 aliphatic heterocycles. The molecule has 79 valence electrons. The topological polar surface area (TPSA) is 54.4 Å². The fourth-order valence-corrected chi connectivity index (χ4v) is 1.21. The van der Waals surface area contributed by atoms with Gasteiger partial charge >= 0.3 is 0 Å². The van der Waals surface area contributed by atoms with Crippen LogP contribution in [0.15, 0.2) is 29.6 Å². The van der Waals surface area contributed by atoms with Crippen LogP contribution < -0.4 is 5.43 Å². The molecule has 4 heteroatoms. The van der Waals surface area contributed by atoms with Crippen molar-refractivity contribution in [2.24, 2.45) is 5.10 Å². The Bertz CT molecular complexity index is 369. The molecule has 1 aromatic rings. The van der Waals surface area contributed by atoms with Crippen molar-refractivity contribution in [3.05, 3.63) is 61.7 Å². The molecule has 1 N–H and O–H groups in total. The van der Waals surface area contributed by atoms with Gasteiger partial charge in [0, 0.05) is 18.0 Å². The quantitative estimate of drug-likeness (QED) is 0.598. The second-order valence-corrected chi connectivity index (χ2v) is 3.16. The zero-order valence-electron chi connectivity index (χ0n) is 8.50. The van der Waals surface area contributed by atoms with Gasteiger partial charge in [-0.1, -0.05) is 6.07 Å². The van der Waals surface area contributed by atoms with Gasteiger partial charge in [-0.05, 0) is 31.7 Å². The maximum absolute atomic E-state index is 11.5. The third-order valence-corrected chi connectivity index (χ3v) is 1.99. The maximum Gasteiger partial charge on any atom is 0.248 e. The average molecular weight is 212 g/mol. The Morgan fingerprint density at radius 3 is 2.88 bits per heavy atom. The molecule has 0 saturated heterocycles. The summed E-state index contributed by atoms with van der Waals surface area (Å²) in [5, 5.41) is 3.83. The van der Waals surface area contributed by atoms with E-state index in [0.717, 1.165) is 5.56 Å². The van der Waals surface area contributed by atoms with E-state index in [1.54, 1.807) is 50.4 Å². The molecule has 1 heterocycles. The Morgan fingerprint density at radius 2 is 2.19 bits per heavy atom. The van der Waals surface area contributed by atoms with E-state index in [0.29, 0.717) is 5.92 Å². The number of hydrogen-bond acceptors (Lipinski definition) is 3. The molecule has 16 heavy (non-hydrogen) atoms. The van der Waals surface area contributed by atoms with E-state index in [1.807, 2.05) is 6.07 Å². The number of carbonyl (C=O) groups is 1. The minimum atomic E-state index is -0.217. The SMILES string of the molecule is O=C(N/N=C/c1cccnc1)[C]1[CH][CH][CH][CH]1. The van der Waals surface area contributed by atoms with E-state index in [2.05, 4.69) is 15.5 Å². The Morgan fingerprint density at radius 1 is 1.38 bits per heavy atom. The van der Waals surface area contributed by atoms with Crippen LogP contribution in [0.5, 0.6) is 0 Å². The molecule has 5 radical (unpaired) electrons. The molecule has 2 rings (SSSR count). The minimum Gasteiger partial charge on any atom is -0.272 e. The van der Waals surface area contributed by atoms with Gasteiger partial charge in [-0.2, -0.15) is 5.10 Å². The lowest BCUT2D eigenvalue weighted by molar-refractivity contribution is -0.118. The molecule has 1 amide bonds. The summed E-state index contributed by atoms with van der Waals surface area (Å²) < 4.78 is 0. The van der Waals surface area contributed by atoms with Crippen LogP contribution in [-0.2, 0) is 4.79 Å². The third-order valence-electron chi connectivity index (χ3n) is 1.99. The monoisotopic (exact) mass is 212 g/mol. The number of aromatic nitrogens is 1. The van der Waals surface area contributed by atoms with E-state index in [4.69, 9.17) is 0 Å². The molecular weight excluding hydrogens is 202 g/mol. The predicted octanol–water partition coefficient (Wildman–Crippen LogP) is 0.937. The number of nitrogens with one attached hydrogen (secondary N) is 1. The van der Waals surface area contributed by atoms with Crippen LogP contribution >= 0.6 is 0 Å². The lowest BCUT2D eigenvalue weighted by Crippen LogP contribution is -2.23. The Balaban J connectivity index is 1.82. The van der Waals surface area contributed by atoms with Gasteiger partial charge in [-0.15, -0.1) is 0 Å². The van der Waals surface area contributed by atoms with Crippen molar-refractivity contribution in [1.82, 2.24) is 10.4 Å². The molecule has 1 fully saturated rings. The van der Waals surface area contributed by atoms with Gasteiger partial charge in [0.1, 0.15) is 0 Å². The number of hydrogen-bond donors (Lipinski definition) is 1. The fraction of sp³-hybridized carbons (Fsp3) is 0. The van der Waals surface area contributed by atoms with Gasteiger partial charge < -0.3 is 0 Å². The molecule has 0 atom stereocenters. The van der Waals surface area contributed by atoms with Gasteiger partial charge in [0.25, 0.3) is 0 Å². The summed E-state index contributed by atoms with van der Waals surface area (Å²) in [5.41, 5.74) is 3.27. The lowest BCUT2D eigenvalue weighted by Gasteiger charge is -2.03. The first kappa shape index (κ1) is 10.8. The summed E-state index contributed by atoms with van der Waals surface area (Å²) in [7, 11) is 0. The summed E-state index contributed by atoms with van der Waals surface area (Å²) in [4.78, 5) is 15.4. The molecule has 0 unspecified atom stereocenters. The van der Waals surface area contributed by atoms with E-state index in [-0.39, 0.29) is 5.91 Å². The summed E-state index contributed by atoms with van der Waals surface area (Å²) in [5.74, 6) is 0.383. The molecule has 1 aliphatic carbocycles. The highest BCUT2D eigenvalue weighted by molar-refractivity contribution is 5.96. The number of pyridine rings is 1. The van der Waals surface area contributed by atoms with E-state index in [1.165, 1.54) is 0 Å². The van der Waals surface area contributed by atoms with E-state index in [9.17, 15) is 4.79 Å². The minimum absolute atomic E-state index is 0.217. The molecule has 0 aromatic carbocycles. The van der Waals surface area contributed by atoms with Crippen molar-refractivity contribution in [3.8, 4) is 0 Å². The Kier molecular flexibility index (Phi) is 3.64. The van der Waals surface area contributed by atoms with Crippen LogP contribution in [0.4, 0.5) is 0 Å². The lowest BCUT2D eigenvalue weighted by atomic mass is 10.1. The molecule has 1 aliphatic rings. The number of carbonyl (C=O) groups excluding carboxylic acids is 1. The summed E-state index contributed by atoms with van der Waals surface area (Å²) in [6, 6.07) is 3.66. The maximum atomic E-state index is 11.5. The highest BCUT2D eigenvalue weighted by Crippen LogP contribution is 2.22. The molecule has 0 spiro atoms. The van der Waals surface area contributed by atoms with Crippen LogP contribution in [0.1, 0.15) is 5.56 Å². The fourth-order valence-electron chi connectivity index (χ4n) is 1.21. The molecular formula is C12H10N3O. The predicted molar refractivity (Wildman–Crippen MR) is 60.4 cm³/mol. The first-order valence-electron chi connectivity index (χ1n) is 4.81. The smallest absolute Gasteiger partial charge is 0.248 e. The molecule has 4 nitrogen and oxygen atoms in total. The molecule has 1 aromatic heterocycles. The number of nitrogens with zero attached hydrogens (tertiary/aromatic N) is 2. The Labute approximate surface area is 94.8 Å². The summed E-state index contributed by atoms with van der Waals surface area (Å²) in [6.07, 6.45) is 12.0. The van der Waals surface area contributed by atoms with Gasteiger partial charge in [-0.25, -0.2) is 5.43 Å². The zero-order chi connectivity index (χ0) is 11.2. The average Bonchev–Trinajstić information content (AvgIpc) is 2.84. The zero-order valence-corrected chi connectivity index (χ0v) is 8.50. The van der Waals surface area contributed by atoms with Crippen molar-refractivity contribution >= 4 is 12.1 Å².